The molecule has 4 heterocycles. The van der Waals surface area contributed by atoms with Crippen molar-refractivity contribution in [2.75, 3.05) is 61.5 Å². The minimum absolute atomic E-state index is 0.0163. The molecule has 3 fully saturated rings. The van der Waals surface area contributed by atoms with E-state index in [-0.39, 0.29) is 29.4 Å². The number of nitrogens with one attached hydrogen (secondary N) is 2. The molecule has 2 unspecified atom stereocenters. The van der Waals surface area contributed by atoms with Crippen LogP contribution in [-0.4, -0.2) is 97.4 Å². The van der Waals surface area contributed by atoms with Gasteiger partial charge in [-0.05, 0) is 40.0 Å². The van der Waals surface area contributed by atoms with Crippen molar-refractivity contribution in [1.82, 2.24) is 20.2 Å². The molecule has 3 aliphatic heterocycles. The highest BCUT2D eigenvalue weighted by Crippen LogP contribution is 2.39. The molecule has 234 valence electrons. The summed E-state index contributed by atoms with van der Waals surface area (Å²) in [4.78, 5) is 40.1. The second kappa shape index (κ2) is 12.2. The van der Waals surface area contributed by atoms with Crippen molar-refractivity contribution < 1.29 is 31.9 Å². The third-order valence-corrected chi connectivity index (χ3v) is 8.68. The van der Waals surface area contributed by atoms with Crippen LogP contribution in [0.1, 0.15) is 27.2 Å². The number of carbonyl (C=O) groups excluding carboxylic acids is 2. The minimum atomic E-state index is -4.74. The van der Waals surface area contributed by atoms with Crippen LogP contribution in [0.2, 0.25) is 0 Å². The number of morpholine rings is 1. The molecule has 1 aromatic carbocycles. The summed E-state index contributed by atoms with van der Waals surface area (Å²) in [6, 6.07) is 2.93. The maximum absolute atomic E-state index is 15.8. The molecule has 5 atom stereocenters. The Kier molecular flexibility index (Phi) is 8.80. The summed E-state index contributed by atoms with van der Waals surface area (Å²) in [5.74, 6) is -5.43. The van der Waals surface area contributed by atoms with Crippen LogP contribution in [0.5, 0.6) is 0 Å². The molecule has 2 amide bonds. The zero-order valence-electron chi connectivity index (χ0n) is 24.6. The Hall–Kier alpha value is -3.52. The highest BCUT2D eigenvalue weighted by atomic mass is 19.4. The molecular weight excluding hydrogens is 570 g/mol. The van der Waals surface area contributed by atoms with E-state index in [1.54, 1.807) is 0 Å². The molecule has 0 aliphatic carbocycles. The van der Waals surface area contributed by atoms with E-state index in [9.17, 15) is 22.8 Å². The van der Waals surface area contributed by atoms with Gasteiger partial charge in [-0.15, -0.1) is 0 Å². The number of hydrogen-bond acceptors (Lipinski definition) is 8. The lowest BCUT2D eigenvalue weighted by atomic mass is 9.84. The first-order valence-corrected chi connectivity index (χ1v) is 14.5. The van der Waals surface area contributed by atoms with Crippen molar-refractivity contribution in [2.45, 2.75) is 51.6 Å². The van der Waals surface area contributed by atoms with Gasteiger partial charge in [0.2, 0.25) is 17.8 Å². The Morgan fingerprint density at radius 2 is 1.74 bits per heavy atom. The van der Waals surface area contributed by atoms with E-state index >= 15 is 4.39 Å². The molecule has 10 nitrogen and oxygen atoms in total. The first kappa shape index (κ1) is 30.9. The van der Waals surface area contributed by atoms with E-state index < -0.39 is 48.6 Å². The average molecular weight is 608 g/mol. The van der Waals surface area contributed by atoms with Crippen molar-refractivity contribution in [3.8, 4) is 11.1 Å². The van der Waals surface area contributed by atoms with Crippen LogP contribution in [0, 0.1) is 17.7 Å². The fourth-order valence-corrected chi connectivity index (χ4v) is 6.00. The summed E-state index contributed by atoms with van der Waals surface area (Å²) in [5.41, 5.74) is 0.988. The number of piperidine rings is 1. The van der Waals surface area contributed by atoms with Crippen molar-refractivity contribution in [3.05, 3.63) is 30.3 Å². The number of piperazine rings is 1. The van der Waals surface area contributed by atoms with Crippen LogP contribution in [0.15, 0.2) is 24.5 Å². The molecule has 14 heteroatoms. The lowest BCUT2D eigenvalue weighted by Crippen LogP contribution is -2.55. The first-order valence-electron chi connectivity index (χ1n) is 14.5. The van der Waals surface area contributed by atoms with Gasteiger partial charge < -0.3 is 25.2 Å². The monoisotopic (exact) mass is 607 g/mol. The van der Waals surface area contributed by atoms with Crippen LogP contribution in [-0.2, 0) is 14.3 Å². The number of benzene rings is 1. The summed E-state index contributed by atoms with van der Waals surface area (Å²) >= 11 is 0. The predicted molar refractivity (Wildman–Crippen MR) is 153 cm³/mol. The van der Waals surface area contributed by atoms with Gasteiger partial charge in [-0.2, -0.15) is 13.2 Å². The lowest BCUT2D eigenvalue weighted by Gasteiger charge is -2.44. The Bertz CT molecular complexity index is 1330. The summed E-state index contributed by atoms with van der Waals surface area (Å²) in [7, 11) is 1.99. The van der Waals surface area contributed by atoms with Crippen LogP contribution in [0.4, 0.5) is 34.9 Å². The number of rotatable bonds is 5. The van der Waals surface area contributed by atoms with E-state index in [0.29, 0.717) is 50.0 Å². The van der Waals surface area contributed by atoms with Crippen molar-refractivity contribution >= 4 is 29.1 Å². The second-order valence-electron chi connectivity index (χ2n) is 11.8. The summed E-state index contributed by atoms with van der Waals surface area (Å²) < 4.78 is 62.9. The largest absolute Gasteiger partial charge is 0.393 e. The standard InChI is InChI=1S/C29H37F4N7O3/c1-16-13-40(14-17(2)38(16)4)25-9-23(30)20(19-10-35-28(36-11-19)39-5-6-43-18(3)15-39)7-24(25)37-27(42)21-12-34-26(41)8-22(21)29(31,32)33/h7,9-11,16-18,21-22H,5-6,8,12-15H2,1-4H3,(H,34,41)(H,37,42)/t16-,17+,18-,21?,22?/m1/s1. The maximum atomic E-state index is 15.8. The number of anilines is 3. The van der Waals surface area contributed by atoms with E-state index in [2.05, 4.69) is 25.5 Å². The fourth-order valence-electron chi connectivity index (χ4n) is 6.00. The lowest BCUT2D eigenvalue weighted by molar-refractivity contribution is -0.197. The topological polar surface area (TPSA) is 103 Å². The Morgan fingerprint density at radius 3 is 2.37 bits per heavy atom. The number of nitrogens with zero attached hydrogens (tertiary/aromatic N) is 5. The zero-order valence-corrected chi connectivity index (χ0v) is 24.6. The zero-order chi connectivity index (χ0) is 31.1. The number of likely N-dealkylation sites (N-methyl/N-ethyl adjacent to an activating group) is 1. The third kappa shape index (κ3) is 6.69. The Morgan fingerprint density at radius 1 is 1.07 bits per heavy atom. The molecule has 2 N–H and O–H groups in total. The number of carbonyl (C=O) groups is 2. The molecular formula is C29H37F4N7O3. The highest BCUT2D eigenvalue weighted by molar-refractivity contribution is 5.98. The van der Waals surface area contributed by atoms with Crippen molar-refractivity contribution in [2.24, 2.45) is 11.8 Å². The van der Waals surface area contributed by atoms with Gasteiger partial charge in [0.15, 0.2) is 0 Å². The predicted octanol–water partition coefficient (Wildman–Crippen LogP) is 3.29. The van der Waals surface area contributed by atoms with E-state index in [0.717, 1.165) is 0 Å². The number of alkyl halides is 3. The first-order chi connectivity index (χ1) is 20.3. The quantitative estimate of drug-likeness (QED) is 0.500. The summed E-state index contributed by atoms with van der Waals surface area (Å²) in [5, 5.41) is 5.04. The average Bonchev–Trinajstić information content (AvgIpc) is 2.96. The van der Waals surface area contributed by atoms with Crippen LogP contribution >= 0.6 is 0 Å². The summed E-state index contributed by atoms with van der Waals surface area (Å²) in [6.07, 6.45) is -2.58. The smallest absolute Gasteiger partial charge is 0.375 e. The SMILES string of the molecule is C[C@@H]1CN(c2ncc(-c3cc(NC(=O)C4CNC(=O)CC4C(F)(F)F)c(N4C[C@@H](C)N(C)[C@@H](C)C4)cc3F)cn2)CCO1. The molecule has 0 radical (unpaired) electrons. The normalized spacial score (nSPS) is 27.2. The second-order valence-corrected chi connectivity index (χ2v) is 11.8. The van der Waals surface area contributed by atoms with Gasteiger partial charge in [0.1, 0.15) is 5.82 Å². The number of halogens is 4. The van der Waals surface area contributed by atoms with Crippen molar-refractivity contribution in [3.63, 3.8) is 0 Å². The molecule has 43 heavy (non-hydrogen) atoms. The van der Waals surface area contributed by atoms with Gasteiger partial charge in [0.25, 0.3) is 0 Å². The molecule has 3 aliphatic rings. The molecule has 0 spiro atoms. The van der Waals surface area contributed by atoms with Gasteiger partial charge in [0, 0.05) is 74.7 Å². The van der Waals surface area contributed by atoms with Crippen molar-refractivity contribution in [1.29, 1.82) is 0 Å². The van der Waals surface area contributed by atoms with E-state index in [1.165, 1.54) is 24.5 Å². The van der Waals surface area contributed by atoms with Gasteiger partial charge in [-0.1, -0.05) is 0 Å². The molecule has 1 aromatic heterocycles. The number of aromatic nitrogens is 2. The van der Waals surface area contributed by atoms with Gasteiger partial charge in [-0.25, -0.2) is 14.4 Å². The van der Waals surface area contributed by atoms with E-state index in [4.69, 9.17) is 4.74 Å². The van der Waals surface area contributed by atoms with Gasteiger partial charge in [-0.3, -0.25) is 14.5 Å². The summed E-state index contributed by atoms with van der Waals surface area (Å²) in [6.45, 7) is 8.35. The number of ether oxygens (including phenoxy) is 1. The Labute approximate surface area is 247 Å². The number of amides is 2. The molecule has 0 saturated carbocycles. The Balaban J connectivity index is 1.49. The molecule has 2 aromatic rings. The maximum Gasteiger partial charge on any atom is 0.393 e. The van der Waals surface area contributed by atoms with Crippen LogP contribution in [0.3, 0.4) is 0 Å². The van der Waals surface area contributed by atoms with Gasteiger partial charge >= 0.3 is 6.18 Å². The third-order valence-electron chi connectivity index (χ3n) is 8.68. The highest BCUT2D eigenvalue weighted by Gasteiger charge is 2.50. The minimum Gasteiger partial charge on any atom is -0.375 e. The van der Waals surface area contributed by atoms with E-state index in [1.807, 2.05) is 37.6 Å². The van der Waals surface area contributed by atoms with Crippen LogP contribution in [0.25, 0.3) is 11.1 Å². The fraction of sp³-hybridized carbons (Fsp3) is 0.586. The molecule has 3 saturated heterocycles. The van der Waals surface area contributed by atoms with Crippen LogP contribution < -0.4 is 20.4 Å². The van der Waals surface area contributed by atoms with Gasteiger partial charge in [0.05, 0.1) is 35.9 Å². The molecule has 5 rings (SSSR count). The number of hydrogen-bond donors (Lipinski definition) is 2. The molecule has 0 bridgehead atoms.